The zero-order valence-electron chi connectivity index (χ0n) is 8.26. The Morgan fingerprint density at radius 1 is 1.53 bits per heavy atom. The van der Waals surface area contributed by atoms with E-state index in [1.54, 1.807) is 0 Å². The summed E-state index contributed by atoms with van der Waals surface area (Å²) in [5.74, 6) is 0.858. The van der Waals surface area contributed by atoms with E-state index in [4.69, 9.17) is 11.6 Å². The van der Waals surface area contributed by atoms with Crippen LogP contribution in [0.25, 0.3) is 0 Å². The summed E-state index contributed by atoms with van der Waals surface area (Å²) in [7, 11) is 0. The normalized spacial score (nSPS) is 17.2. The maximum atomic E-state index is 11.9. The molecule has 1 aromatic heterocycles. The number of halogens is 2. The van der Waals surface area contributed by atoms with Gasteiger partial charge in [0.2, 0.25) is 0 Å². The summed E-state index contributed by atoms with van der Waals surface area (Å²) in [6.45, 7) is 0. The van der Waals surface area contributed by atoms with E-state index in [2.05, 4.69) is 15.9 Å². The molecule has 1 aliphatic carbocycles. The molecule has 1 aliphatic rings. The van der Waals surface area contributed by atoms with Crippen molar-refractivity contribution in [3.8, 4) is 0 Å². The lowest BCUT2D eigenvalue weighted by Crippen LogP contribution is -2.03. The van der Waals surface area contributed by atoms with Crippen LogP contribution in [0.1, 0.15) is 41.8 Å². The average molecular weight is 308 g/mol. The second-order valence-electron chi connectivity index (χ2n) is 4.01. The van der Waals surface area contributed by atoms with Gasteiger partial charge in [0.15, 0.2) is 5.78 Å². The van der Waals surface area contributed by atoms with Crippen LogP contribution in [0.2, 0.25) is 4.34 Å². The third-order valence-electron chi connectivity index (χ3n) is 2.87. The van der Waals surface area contributed by atoms with Gasteiger partial charge in [-0.3, -0.25) is 4.79 Å². The van der Waals surface area contributed by atoms with Gasteiger partial charge in [-0.25, -0.2) is 0 Å². The monoisotopic (exact) mass is 306 g/mol. The SMILES string of the molecule is O=C(CC1CCCC1)c1cc(Br)c(Cl)s1. The summed E-state index contributed by atoms with van der Waals surface area (Å²) < 4.78 is 1.51. The molecular formula is C11H12BrClOS. The minimum atomic E-state index is 0.250. The van der Waals surface area contributed by atoms with Crippen LogP contribution >= 0.6 is 38.9 Å². The van der Waals surface area contributed by atoms with Crippen LogP contribution in [0.15, 0.2) is 10.5 Å². The zero-order chi connectivity index (χ0) is 10.8. The minimum absolute atomic E-state index is 0.250. The Kier molecular flexibility index (Phi) is 3.86. The summed E-state index contributed by atoms with van der Waals surface area (Å²) in [5, 5.41) is 0. The molecule has 0 unspecified atom stereocenters. The van der Waals surface area contributed by atoms with Crippen molar-refractivity contribution in [3.05, 3.63) is 19.8 Å². The number of hydrogen-bond donors (Lipinski definition) is 0. The van der Waals surface area contributed by atoms with Crippen LogP contribution in [0.5, 0.6) is 0 Å². The molecule has 0 N–H and O–H groups in total. The Morgan fingerprint density at radius 3 is 2.73 bits per heavy atom. The lowest BCUT2D eigenvalue weighted by atomic mass is 10.0. The quantitative estimate of drug-likeness (QED) is 0.724. The first kappa shape index (κ1) is 11.6. The molecule has 0 saturated heterocycles. The van der Waals surface area contributed by atoms with Crippen molar-refractivity contribution >= 4 is 44.7 Å². The maximum Gasteiger partial charge on any atom is 0.173 e. The van der Waals surface area contributed by atoms with E-state index >= 15 is 0 Å². The average Bonchev–Trinajstić information content (AvgIpc) is 2.78. The molecule has 0 spiro atoms. The second-order valence-corrected chi connectivity index (χ2v) is 6.52. The van der Waals surface area contributed by atoms with Gasteiger partial charge in [-0.2, -0.15) is 0 Å². The topological polar surface area (TPSA) is 17.1 Å². The summed E-state index contributed by atoms with van der Waals surface area (Å²) >= 11 is 10.6. The molecule has 82 valence electrons. The Hall–Kier alpha value is 0.140. The fourth-order valence-electron chi connectivity index (χ4n) is 2.06. The van der Waals surface area contributed by atoms with Gasteiger partial charge in [0.1, 0.15) is 4.34 Å². The highest BCUT2D eigenvalue weighted by Crippen LogP contribution is 2.34. The molecule has 0 radical (unpaired) electrons. The number of carbonyl (C=O) groups is 1. The van der Waals surface area contributed by atoms with E-state index < -0.39 is 0 Å². The molecule has 1 aromatic rings. The summed E-state index contributed by atoms with van der Waals surface area (Å²) in [4.78, 5) is 12.7. The fourth-order valence-corrected chi connectivity index (χ4v) is 3.71. The van der Waals surface area contributed by atoms with Gasteiger partial charge in [0, 0.05) is 10.9 Å². The lowest BCUT2D eigenvalue weighted by molar-refractivity contribution is 0.0966. The van der Waals surface area contributed by atoms with Crippen LogP contribution in [0.3, 0.4) is 0 Å². The molecular weight excluding hydrogens is 296 g/mol. The van der Waals surface area contributed by atoms with Crippen molar-refractivity contribution in [2.24, 2.45) is 5.92 Å². The van der Waals surface area contributed by atoms with Crippen LogP contribution < -0.4 is 0 Å². The molecule has 0 aliphatic heterocycles. The van der Waals surface area contributed by atoms with Crippen molar-refractivity contribution < 1.29 is 4.79 Å². The van der Waals surface area contributed by atoms with Crippen molar-refractivity contribution in [2.45, 2.75) is 32.1 Å². The molecule has 0 atom stereocenters. The molecule has 0 aromatic carbocycles. The number of ketones is 1. The highest BCUT2D eigenvalue weighted by Gasteiger charge is 2.20. The Balaban J connectivity index is 2.00. The molecule has 1 nitrogen and oxygen atoms in total. The summed E-state index contributed by atoms with van der Waals surface area (Å²) in [6.07, 6.45) is 5.70. The van der Waals surface area contributed by atoms with E-state index in [9.17, 15) is 4.79 Å². The van der Waals surface area contributed by atoms with E-state index in [0.717, 1.165) is 9.35 Å². The molecule has 1 heterocycles. The molecule has 1 fully saturated rings. The maximum absolute atomic E-state index is 11.9. The van der Waals surface area contributed by atoms with Gasteiger partial charge in [-0.15, -0.1) is 11.3 Å². The predicted octanol–water partition coefficient (Wildman–Crippen LogP) is 4.93. The zero-order valence-corrected chi connectivity index (χ0v) is 11.4. The largest absolute Gasteiger partial charge is 0.293 e. The van der Waals surface area contributed by atoms with Crippen molar-refractivity contribution in [2.75, 3.05) is 0 Å². The molecule has 1 saturated carbocycles. The van der Waals surface area contributed by atoms with E-state index in [1.807, 2.05) is 6.07 Å². The number of thiophene rings is 1. The Labute approximate surface area is 107 Å². The van der Waals surface area contributed by atoms with Gasteiger partial charge in [0.25, 0.3) is 0 Å². The highest BCUT2D eigenvalue weighted by atomic mass is 79.9. The Morgan fingerprint density at radius 2 is 2.20 bits per heavy atom. The first-order valence-electron chi connectivity index (χ1n) is 5.15. The molecule has 0 amide bonds. The number of hydrogen-bond acceptors (Lipinski definition) is 2. The first-order valence-corrected chi connectivity index (χ1v) is 7.13. The first-order chi connectivity index (χ1) is 7.16. The van der Waals surface area contributed by atoms with Gasteiger partial charge in [-0.1, -0.05) is 37.3 Å². The van der Waals surface area contributed by atoms with Crippen molar-refractivity contribution in [3.63, 3.8) is 0 Å². The second kappa shape index (κ2) is 4.98. The van der Waals surface area contributed by atoms with Gasteiger partial charge in [0.05, 0.1) is 4.88 Å². The van der Waals surface area contributed by atoms with Gasteiger partial charge >= 0.3 is 0 Å². The molecule has 2 rings (SSSR count). The molecule has 15 heavy (non-hydrogen) atoms. The van der Waals surface area contributed by atoms with E-state index in [-0.39, 0.29) is 5.78 Å². The number of Topliss-reactive ketones (excluding diaryl/α,β-unsaturated/α-hetero) is 1. The molecule has 4 heteroatoms. The summed E-state index contributed by atoms with van der Waals surface area (Å²) in [5.41, 5.74) is 0. The molecule has 0 bridgehead atoms. The standard InChI is InChI=1S/C11H12BrClOS/c12-8-6-10(15-11(8)13)9(14)5-7-3-1-2-4-7/h6-7H,1-5H2. The fraction of sp³-hybridized carbons (Fsp3) is 0.545. The highest BCUT2D eigenvalue weighted by molar-refractivity contribution is 9.10. The third kappa shape index (κ3) is 2.83. The van der Waals surface area contributed by atoms with Gasteiger partial charge < -0.3 is 0 Å². The number of carbonyl (C=O) groups excluding carboxylic acids is 1. The van der Waals surface area contributed by atoms with Gasteiger partial charge in [-0.05, 0) is 27.9 Å². The lowest BCUT2D eigenvalue weighted by Gasteiger charge is -2.05. The van der Waals surface area contributed by atoms with Crippen molar-refractivity contribution in [1.82, 2.24) is 0 Å². The van der Waals surface area contributed by atoms with Crippen LogP contribution in [-0.2, 0) is 0 Å². The minimum Gasteiger partial charge on any atom is -0.293 e. The van der Waals surface area contributed by atoms with E-state index in [1.165, 1.54) is 37.0 Å². The van der Waals surface area contributed by atoms with Crippen LogP contribution in [-0.4, -0.2) is 5.78 Å². The van der Waals surface area contributed by atoms with Crippen LogP contribution in [0, 0.1) is 5.92 Å². The Bertz CT molecular complexity index is 349. The van der Waals surface area contributed by atoms with E-state index in [0.29, 0.717) is 16.7 Å². The number of rotatable bonds is 3. The van der Waals surface area contributed by atoms with Crippen LogP contribution in [0.4, 0.5) is 0 Å². The third-order valence-corrected chi connectivity index (χ3v) is 5.38. The predicted molar refractivity (Wildman–Crippen MR) is 67.9 cm³/mol. The van der Waals surface area contributed by atoms with Crippen molar-refractivity contribution in [1.29, 1.82) is 0 Å². The smallest absolute Gasteiger partial charge is 0.173 e. The summed E-state index contributed by atoms with van der Waals surface area (Å²) in [6, 6.07) is 1.84.